The van der Waals surface area contributed by atoms with Gasteiger partial charge < -0.3 is 49.5 Å². The van der Waals surface area contributed by atoms with E-state index in [0.717, 1.165) is 18.5 Å². The van der Waals surface area contributed by atoms with Crippen LogP contribution in [0.3, 0.4) is 0 Å². The molecule has 47 heavy (non-hydrogen) atoms. The molecule has 0 aromatic carbocycles. The highest BCUT2D eigenvalue weighted by Crippen LogP contribution is 2.42. The standard InChI is InChI=1S/C35H48NO11/c1-4-22-24(16-29(39)40)23(33(43)44-3)12-13-26(22)45-34-31(41)32(42)35(28(18-38)46-34)17-21-15-25(19(2)20-9-6-5-7-10-20)36-30(21)27(47-35)11-8-14-37/h4,12,15,17,19-20,22,24,26,28,31-32,34,37-38,41-42H,1,5-11,13-14,16,18H2,2-3H3,(H,39,40)/q-1/t19-,22-,24+,26-,28-,31-,32-,34-,35-/m1/s1. The van der Waals surface area contributed by atoms with Gasteiger partial charge >= 0.3 is 11.9 Å². The minimum Gasteiger partial charge on any atom is -0.658 e. The van der Waals surface area contributed by atoms with Gasteiger partial charge in [0, 0.05) is 30.4 Å². The number of rotatable bonds is 12. The summed E-state index contributed by atoms with van der Waals surface area (Å²) in [6, 6.07) is 1.98. The van der Waals surface area contributed by atoms with Gasteiger partial charge in [0.25, 0.3) is 0 Å². The molecule has 1 saturated carbocycles. The van der Waals surface area contributed by atoms with Crippen molar-refractivity contribution in [2.45, 2.75) is 107 Å². The fourth-order valence-electron chi connectivity index (χ4n) is 7.84. The number of methoxy groups -OCH3 is 1. The van der Waals surface area contributed by atoms with Crippen molar-refractivity contribution in [1.82, 2.24) is 4.98 Å². The van der Waals surface area contributed by atoms with Crippen LogP contribution in [0, 0.1) is 17.8 Å². The van der Waals surface area contributed by atoms with Gasteiger partial charge in [-0.15, -0.1) is 6.58 Å². The number of carboxylic acid groups (broad SMARTS) is 1. The first-order chi connectivity index (χ1) is 22.6. The summed E-state index contributed by atoms with van der Waals surface area (Å²) in [6.07, 6.45) is 4.45. The predicted octanol–water partition coefficient (Wildman–Crippen LogP) is 0.978. The summed E-state index contributed by atoms with van der Waals surface area (Å²) in [5, 5.41) is 54.3. The topological polar surface area (TPSA) is 186 Å². The molecular formula is C35H48NO11-. The Morgan fingerprint density at radius 3 is 2.60 bits per heavy atom. The number of nitrogens with zero attached hydrogens (tertiary/aromatic N) is 1. The molecule has 0 amide bonds. The molecule has 0 radical (unpaired) electrons. The fourth-order valence-corrected chi connectivity index (χ4v) is 7.84. The monoisotopic (exact) mass is 658 g/mol. The summed E-state index contributed by atoms with van der Waals surface area (Å²) in [4.78, 5) is 29.1. The summed E-state index contributed by atoms with van der Waals surface area (Å²) in [7, 11) is 1.22. The summed E-state index contributed by atoms with van der Waals surface area (Å²) in [5.41, 5.74) is -0.581. The molecule has 5 N–H and O–H groups in total. The van der Waals surface area contributed by atoms with Crippen molar-refractivity contribution < 1.29 is 54.1 Å². The van der Waals surface area contributed by atoms with E-state index in [1.54, 1.807) is 12.2 Å². The molecule has 0 unspecified atom stereocenters. The van der Waals surface area contributed by atoms with Gasteiger partial charge in [0.1, 0.15) is 18.3 Å². The second-order valence-electron chi connectivity index (χ2n) is 13.2. The van der Waals surface area contributed by atoms with Crippen LogP contribution in [0.25, 0.3) is 11.8 Å². The van der Waals surface area contributed by atoms with Gasteiger partial charge in [-0.2, -0.15) is 5.69 Å². The zero-order chi connectivity index (χ0) is 33.9. The lowest BCUT2D eigenvalue weighted by Crippen LogP contribution is -2.69. The molecule has 9 atom stereocenters. The Morgan fingerprint density at radius 1 is 1.21 bits per heavy atom. The Kier molecular flexibility index (Phi) is 11.3. The highest BCUT2D eigenvalue weighted by molar-refractivity contribution is 5.90. The number of carbonyl (C=O) groups is 2. The summed E-state index contributed by atoms with van der Waals surface area (Å²) < 4.78 is 23.7. The molecule has 2 fully saturated rings. The first-order valence-electron chi connectivity index (χ1n) is 16.7. The first kappa shape index (κ1) is 35.3. The van der Waals surface area contributed by atoms with E-state index in [0.29, 0.717) is 35.1 Å². The molecule has 3 heterocycles. The predicted molar refractivity (Wildman–Crippen MR) is 169 cm³/mol. The Morgan fingerprint density at radius 2 is 1.96 bits per heavy atom. The number of aliphatic carboxylic acids is 1. The summed E-state index contributed by atoms with van der Waals surface area (Å²) in [6.45, 7) is 5.34. The summed E-state index contributed by atoms with van der Waals surface area (Å²) in [5.74, 6) is -2.10. The van der Waals surface area contributed by atoms with Crippen molar-refractivity contribution in [2.24, 2.45) is 17.8 Å². The largest absolute Gasteiger partial charge is 0.658 e. The number of carboxylic acids is 1. The molecule has 4 aliphatic rings. The van der Waals surface area contributed by atoms with Crippen LogP contribution in [0.2, 0.25) is 0 Å². The Bertz CT molecular complexity index is 1440. The van der Waals surface area contributed by atoms with Gasteiger partial charge in [0.15, 0.2) is 11.9 Å². The van der Waals surface area contributed by atoms with E-state index in [1.807, 2.05) is 6.07 Å². The molecule has 2 aliphatic heterocycles. The van der Waals surface area contributed by atoms with E-state index in [1.165, 1.54) is 32.4 Å². The van der Waals surface area contributed by atoms with Crippen LogP contribution < -0.4 is 15.6 Å². The van der Waals surface area contributed by atoms with Gasteiger partial charge in [-0.1, -0.05) is 49.8 Å². The Balaban J connectivity index is 1.45. The molecule has 1 spiro atoms. The zero-order valence-corrected chi connectivity index (χ0v) is 27.1. The minimum absolute atomic E-state index is 0.0904. The third-order valence-corrected chi connectivity index (χ3v) is 10.4. The van der Waals surface area contributed by atoms with Crippen LogP contribution in [-0.2, 0) is 28.5 Å². The lowest BCUT2D eigenvalue weighted by molar-refractivity contribution is -0.328. The molecule has 0 bridgehead atoms. The fraction of sp³-hybridized carbons (Fsp3) is 0.657. The highest BCUT2D eigenvalue weighted by atomic mass is 16.7. The Labute approximate surface area is 274 Å². The van der Waals surface area contributed by atoms with Crippen LogP contribution in [0.1, 0.15) is 76.3 Å². The lowest BCUT2D eigenvalue weighted by atomic mass is 9.74. The van der Waals surface area contributed by atoms with Gasteiger partial charge in [-0.05, 0) is 48.8 Å². The minimum atomic E-state index is -1.69. The number of esters is 1. The summed E-state index contributed by atoms with van der Waals surface area (Å²) >= 11 is 0. The van der Waals surface area contributed by atoms with E-state index >= 15 is 0 Å². The molecule has 260 valence electrons. The van der Waals surface area contributed by atoms with Crippen LogP contribution in [0.15, 0.2) is 30.4 Å². The van der Waals surface area contributed by atoms with Crippen molar-refractivity contribution in [3.8, 4) is 0 Å². The number of aliphatic hydroxyl groups is 4. The van der Waals surface area contributed by atoms with Crippen LogP contribution in [-0.4, -0.2) is 94.1 Å². The molecule has 2 aliphatic carbocycles. The average molecular weight is 659 g/mol. The van der Waals surface area contributed by atoms with E-state index < -0.39 is 66.7 Å². The molecule has 1 aromatic rings. The van der Waals surface area contributed by atoms with Crippen molar-refractivity contribution in [2.75, 3.05) is 20.3 Å². The maximum atomic E-state index is 12.4. The number of fused-ring (bicyclic) bond motifs is 1. The number of aromatic nitrogens is 1. The second kappa shape index (κ2) is 15.0. The maximum Gasteiger partial charge on any atom is 0.333 e. The van der Waals surface area contributed by atoms with Gasteiger partial charge in [-0.3, -0.25) is 4.79 Å². The van der Waals surface area contributed by atoms with E-state index in [-0.39, 0.29) is 30.9 Å². The number of aliphatic hydroxyl groups excluding tert-OH is 4. The second-order valence-corrected chi connectivity index (χ2v) is 13.2. The van der Waals surface area contributed by atoms with Crippen LogP contribution >= 0.6 is 0 Å². The van der Waals surface area contributed by atoms with E-state index in [4.69, 9.17) is 23.9 Å². The van der Waals surface area contributed by atoms with Crippen LogP contribution in [0.4, 0.5) is 0 Å². The quantitative estimate of drug-likeness (QED) is 0.159. The van der Waals surface area contributed by atoms with E-state index in [9.17, 15) is 35.1 Å². The molecule has 1 aromatic heterocycles. The van der Waals surface area contributed by atoms with Crippen molar-refractivity contribution in [1.29, 1.82) is 0 Å². The average Bonchev–Trinajstić information content (AvgIpc) is 3.51. The van der Waals surface area contributed by atoms with Crippen molar-refractivity contribution >= 4 is 23.8 Å². The van der Waals surface area contributed by atoms with Crippen molar-refractivity contribution in [3.63, 3.8) is 0 Å². The third kappa shape index (κ3) is 6.95. The van der Waals surface area contributed by atoms with Crippen LogP contribution in [0.5, 0.6) is 0 Å². The molecular weight excluding hydrogens is 610 g/mol. The SMILES string of the molecule is C=C[C@@H]1[C@H](CC(=O)O)C(C(=O)OC)=CC[C@H]1O[C@@H]1O[C@H](CO)[C@]2(C=c3cc([C@H](C)C4CCCCC4)[n-]c3=C(CCCO)O2)[C@H](O)[C@H]1O. The zero-order valence-electron chi connectivity index (χ0n) is 27.1. The number of hydrogen-bond donors (Lipinski definition) is 5. The Hall–Kier alpha value is -3.00. The smallest absolute Gasteiger partial charge is 0.333 e. The first-order valence-corrected chi connectivity index (χ1v) is 16.7. The molecule has 12 nitrogen and oxygen atoms in total. The van der Waals surface area contributed by atoms with Gasteiger partial charge in [-0.25, -0.2) is 4.79 Å². The third-order valence-electron chi connectivity index (χ3n) is 10.4. The molecule has 5 rings (SSSR count). The lowest BCUT2D eigenvalue weighted by Gasteiger charge is -2.51. The highest BCUT2D eigenvalue weighted by Gasteiger charge is 2.58. The number of ether oxygens (including phenoxy) is 4. The van der Waals surface area contributed by atoms with E-state index in [2.05, 4.69) is 13.5 Å². The van der Waals surface area contributed by atoms with Crippen molar-refractivity contribution in [3.05, 3.63) is 46.6 Å². The number of hydrogen-bond acceptors (Lipinski definition) is 10. The van der Waals surface area contributed by atoms with Gasteiger partial charge in [0.05, 0.1) is 32.0 Å². The normalized spacial score (nSPS) is 33.3. The molecule has 1 saturated heterocycles. The maximum absolute atomic E-state index is 12.4. The van der Waals surface area contributed by atoms with Gasteiger partial charge in [0.2, 0.25) is 0 Å². The molecule has 12 heteroatoms. The number of carbonyl (C=O) groups excluding carboxylic acids is 1.